The minimum Gasteiger partial charge on any atom is -0.228 e. The van der Waals surface area contributed by atoms with E-state index in [0.29, 0.717) is 5.82 Å². The lowest BCUT2D eigenvalue weighted by Gasteiger charge is -2.03. The molecule has 0 atom stereocenters. The van der Waals surface area contributed by atoms with Gasteiger partial charge in [0.25, 0.3) is 0 Å². The van der Waals surface area contributed by atoms with Crippen LogP contribution in [-0.4, -0.2) is 20.2 Å². The van der Waals surface area contributed by atoms with Gasteiger partial charge in [0.1, 0.15) is 6.61 Å². The molecule has 5 heteroatoms. The van der Waals surface area contributed by atoms with Gasteiger partial charge in [0.2, 0.25) is 0 Å². The first-order valence-corrected chi connectivity index (χ1v) is 5.77. The van der Waals surface area contributed by atoms with E-state index in [1.807, 2.05) is 18.2 Å². The SMILES string of the molecule is [O]Cc1nnnn1CCCCc1ccccc1. The van der Waals surface area contributed by atoms with E-state index in [1.165, 1.54) is 5.56 Å². The number of tetrazole rings is 1. The fourth-order valence-electron chi connectivity index (χ4n) is 1.74. The van der Waals surface area contributed by atoms with Crippen molar-refractivity contribution in [3.8, 4) is 0 Å². The Morgan fingerprint density at radius 3 is 2.71 bits per heavy atom. The molecule has 0 unspecified atom stereocenters. The number of benzene rings is 1. The molecule has 0 aliphatic carbocycles. The summed E-state index contributed by atoms with van der Waals surface area (Å²) >= 11 is 0. The van der Waals surface area contributed by atoms with Crippen LogP contribution in [0.4, 0.5) is 0 Å². The molecule has 2 rings (SSSR count). The Morgan fingerprint density at radius 2 is 1.94 bits per heavy atom. The molecule has 0 saturated heterocycles. The number of hydrogen-bond donors (Lipinski definition) is 0. The number of rotatable bonds is 6. The van der Waals surface area contributed by atoms with Crippen molar-refractivity contribution in [2.75, 3.05) is 0 Å². The molecule has 17 heavy (non-hydrogen) atoms. The van der Waals surface area contributed by atoms with Crippen molar-refractivity contribution in [1.82, 2.24) is 20.2 Å². The van der Waals surface area contributed by atoms with Crippen LogP contribution in [0, 0.1) is 0 Å². The number of nitrogens with zero attached hydrogens (tertiary/aromatic N) is 4. The van der Waals surface area contributed by atoms with E-state index in [9.17, 15) is 5.11 Å². The maximum Gasteiger partial charge on any atom is 0.180 e. The fraction of sp³-hybridized carbons (Fsp3) is 0.417. The first kappa shape index (κ1) is 11.7. The summed E-state index contributed by atoms with van der Waals surface area (Å²) in [4.78, 5) is 0. The number of unbranched alkanes of at least 4 members (excludes halogenated alkanes) is 1. The average molecular weight is 231 g/mol. The molecule has 2 aromatic rings. The normalized spacial score (nSPS) is 10.6. The largest absolute Gasteiger partial charge is 0.228 e. The fourth-order valence-corrected chi connectivity index (χ4v) is 1.74. The van der Waals surface area contributed by atoms with Gasteiger partial charge in [-0.2, -0.15) is 0 Å². The highest BCUT2D eigenvalue weighted by Gasteiger charge is 2.03. The third-order valence-electron chi connectivity index (χ3n) is 2.66. The summed E-state index contributed by atoms with van der Waals surface area (Å²) in [7, 11) is 0. The third-order valence-corrected chi connectivity index (χ3v) is 2.66. The van der Waals surface area contributed by atoms with Crippen molar-refractivity contribution in [2.24, 2.45) is 0 Å². The summed E-state index contributed by atoms with van der Waals surface area (Å²) < 4.78 is 1.60. The topological polar surface area (TPSA) is 63.5 Å². The molecule has 0 spiro atoms. The Labute approximate surface area is 100 Å². The number of hydrogen-bond acceptors (Lipinski definition) is 3. The lowest BCUT2D eigenvalue weighted by molar-refractivity contribution is 0.164. The minimum absolute atomic E-state index is 0.355. The first-order valence-electron chi connectivity index (χ1n) is 5.77. The van der Waals surface area contributed by atoms with Crippen molar-refractivity contribution >= 4 is 0 Å². The van der Waals surface area contributed by atoms with Crippen LogP contribution in [-0.2, 0) is 24.7 Å². The molecule has 0 saturated carbocycles. The summed E-state index contributed by atoms with van der Waals surface area (Å²) in [6.07, 6.45) is 3.10. The molecule has 0 aliphatic heterocycles. The Balaban J connectivity index is 1.73. The van der Waals surface area contributed by atoms with Gasteiger partial charge in [0.15, 0.2) is 5.82 Å². The molecule has 1 aromatic carbocycles. The Hall–Kier alpha value is -1.75. The monoisotopic (exact) mass is 231 g/mol. The van der Waals surface area contributed by atoms with E-state index in [2.05, 4.69) is 27.7 Å². The molecule has 0 aliphatic rings. The number of aromatic nitrogens is 4. The van der Waals surface area contributed by atoms with Gasteiger partial charge in [-0.05, 0) is 35.3 Å². The summed E-state index contributed by atoms with van der Waals surface area (Å²) in [5, 5.41) is 21.6. The lowest BCUT2D eigenvalue weighted by atomic mass is 10.1. The summed E-state index contributed by atoms with van der Waals surface area (Å²) in [5.41, 5.74) is 1.34. The maximum absolute atomic E-state index is 10.7. The molecule has 5 nitrogen and oxygen atoms in total. The second-order valence-electron chi connectivity index (χ2n) is 3.91. The van der Waals surface area contributed by atoms with Gasteiger partial charge in [0.05, 0.1) is 0 Å². The smallest absolute Gasteiger partial charge is 0.180 e. The van der Waals surface area contributed by atoms with Gasteiger partial charge in [-0.15, -0.1) is 5.10 Å². The van der Waals surface area contributed by atoms with Gasteiger partial charge >= 0.3 is 0 Å². The molecule has 0 N–H and O–H groups in total. The van der Waals surface area contributed by atoms with Gasteiger partial charge in [-0.3, -0.25) is 0 Å². The predicted molar refractivity (Wildman–Crippen MR) is 61.6 cm³/mol. The van der Waals surface area contributed by atoms with Crippen LogP contribution in [0.3, 0.4) is 0 Å². The Kier molecular flexibility index (Phi) is 4.21. The summed E-state index contributed by atoms with van der Waals surface area (Å²) in [6.45, 7) is 0.364. The Morgan fingerprint density at radius 1 is 1.12 bits per heavy atom. The van der Waals surface area contributed by atoms with Crippen molar-refractivity contribution in [3.05, 3.63) is 41.7 Å². The second-order valence-corrected chi connectivity index (χ2v) is 3.91. The lowest BCUT2D eigenvalue weighted by Crippen LogP contribution is -2.05. The van der Waals surface area contributed by atoms with Crippen molar-refractivity contribution in [2.45, 2.75) is 32.4 Å². The summed E-state index contributed by atoms with van der Waals surface area (Å²) in [5.74, 6) is 0.421. The van der Waals surface area contributed by atoms with E-state index >= 15 is 0 Å². The molecule has 89 valence electrons. The molecule has 0 fully saturated rings. The average Bonchev–Trinajstić information content (AvgIpc) is 2.83. The van der Waals surface area contributed by atoms with Crippen LogP contribution in [0.2, 0.25) is 0 Å². The predicted octanol–water partition coefficient (Wildman–Crippen LogP) is 1.63. The summed E-state index contributed by atoms with van der Waals surface area (Å²) in [6, 6.07) is 10.4. The molecule has 1 aromatic heterocycles. The van der Waals surface area contributed by atoms with Crippen LogP contribution in [0.1, 0.15) is 24.2 Å². The van der Waals surface area contributed by atoms with Gasteiger partial charge in [-0.25, -0.2) is 9.79 Å². The quantitative estimate of drug-likeness (QED) is 0.710. The highest BCUT2D eigenvalue weighted by atomic mass is 16.3. The minimum atomic E-state index is -0.355. The highest BCUT2D eigenvalue weighted by Crippen LogP contribution is 2.05. The van der Waals surface area contributed by atoms with Crippen LogP contribution >= 0.6 is 0 Å². The molecular formula is C12H15N4O. The maximum atomic E-state index is 10.7. The van der Waals surface area contributed by atoms with Crippen LogP contribution in [0.15, 0.2) is 30.3 Å². The van der Waals surface area contributed by atoms with E-state index in [4.69, 9.17) is 0 Å². The van der Waals surface area contributed by atoms with E-state index < -0.39 is 0 Å². The van der Waals surface area contributed by atoms with E-state index in [-0.39, 0.29) is 6.61 Å². The zero-order valence-corrected chi connectivity index (χ0v) is 9.62. The van der Waals surface area contributed by atoms with Gasteiger partial charge < -0.3 is 0 Å². The molecule has 1 radical (unpaired) electrons. The molecular weight excluding hydrogens is 216 g/mol. The van der Waals surface area contributed by atoms with E-state index in [0.717, 1.165) is 25.8 Å². The molecule has 1 heterocycles. The van der Waals surface area contributed by atoms with Crippen LogP contribution in [0.5, 0.6) is 0 Å². The highest BCUT2D eigenvalue weighted by molar-refractivity contribution is 5.14. The van der Waals surface area contributed by atoms with E-state index in [1.54, 1.807) is 4.68 Å². The van der Waals surface area contributed by atoms with Crippen molar-refractivity contribution in [1.29, 1.82) is 0 Å². The van der Waals surface area contributed by atoms with Crippen molar-refractivity contribution < 1.29 is 5.11 Å². The molecule has 0 bridgehead atoms. The molecule has 0 amide bonds. The number of aryl methyl sites for hydroxylation is 2. The zero-order valence-electron chi connectivity index (χ0n) is 9.62. The standard InChI is InChI=1S/C12H15N4O/c17-10-12-13-14-15-16(12)9-5-4-8-11-6-2-1-3-7-11/h1-3,6-7H,4-5,8-10H2. The van der Waals surface area contributed by atoms with Gasteiger partial charge in [-0.1, -0.05) is 30.3 Å². The van der Waals surface area contributed by atoms with Crippen LogP contribution in [0.25, 0.3) is 0 Å². The Bertz CT molecular complexity index is 441. The van der Waals surface area contributed by atoms with Crippen LogP contribution < -0.4 is 0 Å². The zero-order chi connectivity index (χ0) is 11.9. The van der Waals surface area contributed by atoms with Crippen molar-refractivity contribution in [3.63, 3.8) is 0 Å². The second kappa shape index (κ2) is 6.10. The third kappa shape index (κ3) is 3.35. The first-order chi connectivity index (χ1) is 8.40. The van der Waals surface area contributed by atoms with Gasteiger partial charge in [0, 0.05) is 6.54 Å².